The van der Waals surface area contributed by atoms with E-state index < -0.39 is 12.0 Å². The summed E-state index contributed by atoms with van der Waals surface area (Å²) in [6, 6.07) is 20.4. The normalized spacial score (nSPS) is 15.3. The summed E-state index contributed by atoms with van der Waals surface area (Å²) in [5, 5.41) is 7.40. The minimum atomic E-state index is -0.612. The fraction of sp³-hybridized carbons (Fsp3) is 0.103. The molecular weight excluding hydrogens is 552 g/mol. The lowest BCUT2D eigenvalue weighted by atomic mass is 10.0. The Balaban J connectivity index is 1.56. The van der Waals surface area contributed by atoms with Crippen LogP contribution in [0.15, 0.2) is 99.4 Å². The molecule has 1 unspecified atom stereocenters. The average Bonchev–Trinajstić information content (AvgIpc) is 3.69. The number of carbonyl (C=O) groups excluding carboxylic acids is 1. The summed E-state index contributed by atoms with van der Waals surface area (Å²) in [5.74, 6) is -0.502. The van der Waals surface area contributed by atoms with Gasteiger partial charge in [-0.15, -0.1) is 11.3 Å². The minimum absolute atomic E-state index is 0.236. The molecule has 4 heterocycles. The summed E-state index contributed by atoms with van der Waals surface area (Å²) in [6.07, 6.45) is 3.74. The first kappa shape index (κ1) is 25.2. The van der Waals surface area contributed by atoms with Gasteiger partial charge in [-0.05, 0) is 48.7 Å². The summed E-state index contributed by atoms with van der Waals surface area (Å²) in [6.45, 7) is 1.77. The third-order valence-corrected chi connectivity index (χ3v) is 8.57. The summed E-state index contributed by atoms with van der Waals surface area (Å²) in [5.41, 5.74) is 3.90. The van der Waals surface area contributed by atoms with Crippen LogP contribution < -0.4 is 14.9 Å². The highest BCUT2D eigenvalue weighted by atomic mass is 35.5. The van der Waals surface area contributed by atoms with Gasteiger partial charge in [0.1, 0.15) is 11.7 Å². The zero-order valence-corrected chi connectivity index (χ0v) is 23.3. The molecule has 0 saturated heterocycles. The van der Waals surface area contributed by atoms with Gasteiger partial charge in [0.15, 0.2) is 4.80 Å². The zero-order valence-electron chi connectivity index (χ0n) is 20.9. The van der Waals surface area contributed by atoms with Crippen molar-refractivity contribution in [3.63, 3.8) is 0 Å². The van der Waals surface area contributed by atoms with Gasteiger partial charge in [-0.25, -0.2) is 14.5 Å². The molecule has 5 aromatic rings. The van der Waals surface area contributed by atoms with Crippen molar-refractivity contribution in [1.29, 1.82) is 0 Å². The number of allylic oxidation sites excluding steroid dienone is 1. The molecule has 2 aromatic carbocycles. The van der Waals surface area contributed by atoms with Crippen molar-refractivity contribution in [3.8, 4) is 16.9 Å². The van der Waals surface area contributed by atoms with Crippen LogP contribution in [0.1, 0.15) is 23.4 Å². The molecule has 3 aromatic heterocycles. The predicted octanol–water partition coefficient (Wildman–Crippen LogP) is 4.98. The van der Waals surface area contributed by atoms with Crippen LogP contribution in [0.5, 0.6) is 0 Å². The van der Waals surface area contributed by atoms with Crippen molar-refractivity contribution >= 4 is 46.3 Å². The number of fused-ring (bicyclic) bond motifs is 1. The van der Waals surface area contributed by atoms with Crippen molar-refractivity contribution in [2.75, 3.05) is 7.11 Å². The Hall–Kier alpha value is -4.05. The van der Waals surface area contributed by atoms with E-state index in [1.165, 1.54) is 29.8 Å². The fourth-order valence-electron chi connectivity index (χ4n) is 4.59. The van der Waals surface area contributed by atoms with Gasteiger partial charge < -0.3 is 4.74 Å². The van der Waals surface area contributed by atoms with Crippen LogP contribution >= 0.6 is 34.3 Å². The SMILES string of the molecule is COC(=O)C1=C(C)N=c2sc(=Cc3cn(-c4ccccc4)nc3-c3ccc(Cl)cc3)c(=O)n2C1c1cccs1. The van der Waals surface area contributed by atoms with Gasteiger partial charge in [0, 0.05) is 27.2 Å². The van der Waals surface area contributed by atoms with Gasteiger partial charge in [-0.3, -0.25) is 9.36 Å². The number of hydrogen-bond donors (Lipinski definition) is 0. The minimum Gasteiger partial charge on any atom is -0.466 e. The number of thiophene rings is 1. The molecule has 0 N–H and O–H groups in total. The van der Waals surface area contributed by atoms with Gasteiger partial charge in [-0.2, -0.15) is 5.10 Å². The maximum Gasteiger partial charge on any atom is 0.338 e. The summed E-state index contributed by atoms with van der Waals surface area (Å²) >= 11 is 8.90. The Morgan fingerprint density at radius 2 is 1.85 bits per heavy atom. The van der Waals surface area contributed by atoms with E-state index in [1.807, 2.05) is 84.4 Å². The monoisotopic (exact) mass is 572 g/mol. The Morgan fingerprint density at radius 3 is 2.54 bits per heavy atom. The third-order valence-electron chi connectivity index (χ3n) is 6.41. The first-order valence-electron chi connectivity index (χ1n) is 12.0. The molecule has 194 valence electrons. The van der Waals surface area contributed by atoms with Crippen LogP contribution in [0.4, 0.5) is 0 Å². The average molecular weight is 573 g/mol. The lowest BCUT2D eigenvalue weighted by Gasteiger charge is -2.22. The number of halogens is 1. The van der Waals surface area contributed by atoms with Gasteiger partial charge >= 0.3 is 5.97 Å². The Labute approximate surface area is 236 Å². The van der Waals surface area contributed by atoms with E-state index in [1.54, 1.807) is 16.2 Å². The lowest BCUT2D eigenvalue weighted by Crippen LogP contribution is -2.39. The lowest BCUT2D eigenvalue weighted by molar-refractivity contribution is -0.136. The predicted molar refractivity (Wildman–Crippen MR) is 154 cm³/mol. The number of ether oxygens (including phenoxy) is 1. The molecule has 0 radical (unpaired) electrons. The van der Waals surface area contributed by atoms with Gasteiger partial charge in [-0.1, -0.05) is 59.3 Å². The third kappa shape index (κ3) is 4.58. The number of para-hydroxylation sites is 1. The molecule has 39 heavy (non-hydrogen) atoms. The molecule has 7 nitrogen and oxygen atoms in total. The molecule has 0 aliphatic carbocycles. The number of aromatic nitrogens is 3. The van der Waals surface area contributed by atoms with Crippen LogP contribution in [0.2, 0.25) is 5.02 Å². The molecule has 6 rings (SSSR count). The maximum absolute atomic E-state index is 13.9. The van der Waals surface area contributed by atoms with Crippen LogP contribution in [0, 0.1) is 0 Å². The Morgan fingerprint density at radius 1 is 1.08 bits per heavy atom. The van der Waals surface area contributed by atoms with E-state index in [0.717, 1.165) is 21.7 Å². The first-order chi connectivity index (χ1) is 18.9. The molecule has 1 aliphatic heterocycles. The number of carbonyl (C=O) groups is 1. The molecule has 0 bridgehead atoms. The molecule has 0 spiro atoms. The number of thiazole rings is 1. The van der Waals surface area contributed by atoms with Crippen LogP contribution in [0.3, 0.4) is 0 Å². The number of esters is 1. The van der Waals surface area contributed by atoms with E-state index in [-0.39, 0.29) is 5.56 Å². The quantitative estimate of drug-likeness (QED) is 0.278. The van der Waals surface area contributed by atoms with Crippen LogP contribution in [-0.2, 0) is 9.53 Å². The van der Waals surface area contributed by atoms with E-state index >= 15 is 0 Å². The number of hydrogen-bond acceptors (Lipinski definition) is 7. The van der Waals surface area contributed by atoms with Crippen LogP contribution in [0.25, 0.3) is 23.0 Å². The molecule has 10 heteroatoms. The van der Waals surface area contributed by atoms with E-state index in [0.29, 0.717) is 31.3 Å². The molecule has 1 atom stereocenters. The topological polar surface area (TPSA) is 78.5 Å². The van der Waals surface area contributed by atoms with Crippen molar-refractivity contribution in [1.82, 2.24) is 14.3 Å². The standard InChI is InChI=1S/C29H21ClN4O3S2/c1-17-24(28(36)37-2)26(22-9-6-14-38-22)34-27(35)23(39-29(34)31-17)15-19-16-33(21-7-4-3-5-8-21)32-25(19)18-10-12-20(30)13-11-18/h3-16,26H,1-2H3. The van der Waals surface area contributed by atoms with Gasteiger partial charge in [0.05, 0.1) is 28.6 Å². The van der Waals surface area contributed by atoms with Crippen LogP contribution in [-0.4, -0.2) is 27.4 Å². The number of benzene rings is 2. The van der Waals surface area contributed by atoms with E-state index in [2.05, 4.69) is 4.99 Å². The number of rotatable bonds is 5. The van der Waals surface area contributed by atoms with Crippen molar-refractivity contribution in [3.05, 3.63) is 125 Å². The van der Waals surface area contributed by atoms with Gasteiger partial charge in [0.25, 0.3) is 5.56 Å². The molecule has 0 saturated carbocycles. The zero-order chi connectivity index (χ0) is 27.1. The highest BCUT2D eigenvalue weighted by Crippen LogP contribution is 2.33. The Kier molecular flexibility index (Phi) is 6.64. The van der Waals surface area contributed by atoms with E-state index in [4.69, 9.17) is 21.4 Å². The molecular formula is C29H21ClN4O3S2. The highest BCUT2D eigenvalue weighted by Gasteiger charge is 2.33. The first-order valence-corrected chi connectivity index (χ1v) is 14.1. The fourth-order valence-corrected chi connectivity index (χ4v) is 6.57. The van der Waals surface area contributed by atoms with E-state index in [9.17, 15) is 9.59 Å². The molecule has 0 fully saturated rings. The maximum atomic E-state index is 13.9. The van der Waals surface area contributed by atoms with Crippen molar-refractivity contribution < 1.29 is 9.53 Å². The largest absolute Gasteiger partial charge is 0.466 e. The molecule has 1 aliphatic rings. The summed E-state index contributed by atoms with van der Waals surface area (Å²) < 4.78 is 8.94. The second kappa shape index (κ2) is 10.3. The Bertz CT molecular complexity index is 1900. The van der Waals surface area contributed by atoms with Gasteiger partial charge in [0.2, 0.25) is 0 Å². The molecule has 0 amide bonds. The second-order valence-electron chi connectivity index (χ2n) is 8.81. The number of methoxy groups -OCH3 is 1. The summed E-state index contributed by atoms with van der Waals surface area (Å²) in [7, 11) is 1.34. The highest BCUT2D eigenvalue weighted by molar-refractivity contribution is 7.10. The van der Waals surface area contributed by atoms with Crippen molar-refractivity contribution in [2.24, 2.45) is 4.99 Å². The second-order valence-corrected chi connectivity index (χ2v) is 11.2. The number of nitrogens with zero attached hydrogens (tertiary/aromatic N) is 4. The summed E-state index contributed by atoms with van der Waals surface area (Å²) in [4.78, 5) is 32.7. The smallest absolute Gasteiger partial charge is 0.338 e. The van der Waals surface area contributed by atoms with Crippen molar-refractivity contribution in [2.45, 2.75) is 13.0 Å².